The Kier molecular flexibility index (Phi) is 6.54. The van der Waals surface area contributed by atoms with Gasteiger partial charge in [-0.2, -0.15) is 0 Å². The van der Waals surface area contributed by atoms with Crippen molar-refractivity contribution in [3.05, 3.63) is 65.7 Å². The van der Waals surface area contributed by atoms with Crippen LogP contribution in [0.15, 0.2) is 54.6 Å². The lowest BCUT2D eigenvalue weighted by atomic mass is 10.0. The standard InChI is InChI=1S/C19H23N3O3/c1-20-19(24)21-18(23)17(15-9-5-4-6-10-15)22(2)13-14-8-7-11-16(12-14)25-3/h4-12,17H,13H2,1-3H3,(H2,20,21,23,24)/p+1/t17-/m1/s1. The van der Waals surface area contributed by atoms with Gasteiger partial charge in [0.1, 0.15) is 12.3 Å². The Hall–Kier alpha value is -2.86. The van der Waals surface area contributed by atoms with Crippen molar-refractivity contribution in [2.75, 3.05) is 21.2 Å². The number of hydrogen-bond acceptors (Lipinski definition) is 3. The lowest BCUT2D eigenvalue weighted by Gasteiger charge is -2.24. The first-order valence-electron chi connectivity index (χ1n) is 8.08. The van der Waals surface area contributed by atoms with E-state index in [2.05, 4.69) is 10.6 Å². The number of amides is 3. The Bertz CT molecular complexity index is 719. The van der Waals surface area contributed by atoms with Gasteiger partial charge >= 0.3 is 6.03 Å². The van der Waals surface area contributed by atoms with Crippen LogP contribution in [-0.2, 0) is 11.3 Å². The predicted molar refractivity (Wildman–Crippen MR) is 95.4 cm³/mol. The van der Waals surface area contributed by atoms with E-state index in [9.17, 15) is 9.59 Å². The molecule has 6 heteroatoms. The van der Waals surface area contributed by atoms with E-state index in [1.54, 1.807) is 7.11 Å². The van der Waals surface area contributed by atoms with Crippen LogP contribution in [0.3, 0.4) is 0 Å². The second-order valence-corrected chi connectivity index (χ2v) is 5.79. The molecule has 2 atom stereocenters. The van der Waals surface area contributed by atoms with E-state index in [-0.39, 0.29) is 5.91 Å². The molecule has 3 N–H and O–H groups in total. The highest BCUT2D eigenvalue weighted by atomic mass is 16.5. The molecule has 2 aromatic rings. The zero-order valence-corrected chi connectivity index (χ0v) is 14.7. The molecule has 2 aromatic carbocycles. The van der Waals surface area contributed by atoms with Crippen molar-refractivity contribution in [2.45, 2.75) is 12.6 Å². The van der Waals surface area contributed by atoms with Gasteiger partial charge in [0.25, 0.3) is 5.91 Å². The number of rotatable bonds is 6. The van der Waals surface area contributed by atoms with E-state index in [0.717, 1.165) is 21.8 Å². The number of nitrogens with one attached hydrogen (secondary N) is 3. The zero-order chi connectivity index (χ0) is 18.2. The van der Waals surface area contributed by atoms with Crippen LogP contribution in [0, 0.1) is 0 Å². The van der Waals surface area contributed by atoms with Gasteiger partial charge in [-0.1, -0.05) is 42.5 Å². The maximum Gasteiger partial charge on any atom is 0.321 e. The Morgan fingerprint density at radius 3 is 2.48 bits per heavy atom. The maximum absolute atomic E-state index is 12.7. The monoisotopic (exact) mass is 342 g/mol. The number of urea groups is 1. The molecule has 0 spiro atoms. The van der Waals surface area contributed by atoms with Crippen LogP contribution in [0.25, 0.3) is 0 Å². The van der Waals surface area contributed by atoms with Crippen molar-refractivity contribution in [1.29, 1.82) is 0 Å². The van der Waals surface area contributed by atoms with Gasteiger partial charge in [0.2, 0.25) is 0 Å². The van der Waals surface area contributed by atoms with Crippen molar-refractivity contribution in [3.63, 3.8) is 0 Å². The van der Waals surface area contributed by atoms with Gasteiger partial charge in [-0.15, -0.1) is 0 Å². The van der Waals surface area contributed by atoms with Crippen LogP contribution >= 0.6 is 0 Å². The molecule has 6 nitrogen and oxygen atoms in total. The minimum atomic E-state index is -0.514. The minimum Gasteiger partial charge on any atom is -0.497 e. The number of carbonyl (C=O) groups excluding carboxylic acids is 2. The van der Waals surface area contributed by atoms with Crippen molar-refractivity contribution in [2.24, 2.45) is 0 Å². The van der Waals surface area contributed by atoms with Gasteiger partial charge in [0.15, 0.2) is 6.04 Å². The van der Waals surface area contributed by atoms with Gasteiger partial charge in [-0.05, 0) is 12.1 Å². The predicted octanol–water partition coefficient (Wildman–Crippen LogP) is 0.907. The number of benzene rings is 2. The second kappa shape index (κ2) is 8.84. The van der Waals surface area contributed by atoms with Crippen LogP contribution in [-0.4, -0.2) is 33.1 Å². The van der Waals surface area contributed by atoms with E-state index < -0.39 is 12.1 Å². The summed E-state index contributed by atoms with van der Waals surface area (Å²) in [5, 5.41) is 4.79. The summed E-state index contributed by atoms with van der Waals surface area (Å²) in [6.07, 6.45) is 0. The summed E-state index contributed by atoms with van der Waals surface area (Å²) in [7, 11) is 5.03. The Labute approximate surface area is 147 Å². The minimum absolute atomic E-state index is 0.342. The number of quaternary nitrogens is 1. The summed E-state index contributed by atoms with van der Waals surface area (Å²) >= 11 is 0. The van der Waals surface area contributed by atoms with E-state index >= 15 is 0 Å². The average Bonchev–Trinajstić information content (AvgIpc) is 2.62. The van der Waals surface area contributed by atoms with E-state index in [1.165, 1.54) is 7.05 Å². The summed E-state index contributed by atoms with van der Waals surface area (Å²) in [5.74, 6) is 0.433. The van der Waals surface area contributed by atoms with Gasteiger partial charge in [-0.25, -0.2) is 4.79 Å². The molecule has 0 aromatic heterocycles. The molecule has 0 aliphatic heterocycles. The van der Waals surface area contributed by atoms with E-state index in [1.807, 2.05) is 61.6 Å². The third-order valence-corrected chi connectivity index (χ3v) is 3.97. The van der Waals surface area contributed by atoms with Gasteiger partial charge < -0.3 is 15.0 Å². The van der Waals surface area contributed by atoms with E-state index in [4.69, 9.17) is 4.74 Å². The van der Waals surface area contributed by atoms with Crippen LogP contribution in [0.4, 0.5) is 4.79 Å². The fraction of sp³-hybridized carbons (Fsp3) is 0.263. The lowest BCUT2D eigenvalue weighted by Crippen LogP contribution is -3.09. The molecule has 1 unspecified atom stereocenters. The molecule has 0 saturated carbocycles. The summed E-state index contributed by atoms with van der Waals surface area (Å²) in [6.45, 7) is 0.609. The molecular weight excluding hydrogens is 318 g/mol. The number of carbonyl (C=O) groups is 2. The third kappa shape index (κ3) is 5.06. The molecular formula is C19H24N3O3+. The van der Waals surface area contributed by atoms with Crippen LogP contribution < -0.4 is 20.3 Å². The fourth-order valence-corrected chi connectivity index (χ4v) is 2.76. The molecule has 2 rings (SSSR count). The molecule has 0 aliphatic carbocycles. The number of hydrogen-bond donors (Lipinski definition) is 3. The summed E-state index contributed by atoms with van der Waals surface area (Å²) in [6, 6.07) is 16.2. The van der Waals surface area contributed by atoms with Crippen LogP contribution in [0.2, 0.25) is 0 Å². The molecule has 0 heterocycles. The number of ether oxygens (including phenoxy) is 1. The highest BCUT2D eigenvalue weighted by molar-refractivity contribution is 5.96. The SMILES string of the molecule is CNC(=O)NC(=O)[C@@H](c1ccccc1)[NH+](C)Cc1cccc(OC)c1. The first-order chi connectivity index (χ1) is 12.0. The fourth-order valence-electron chi connectivity index (χ4n) is 2.76. The maximum atomic E-state index is 12.7. The molecule has 0 bridgehead atoms. The average molecular weight is 342 g/mol. The summed E-state index contributed by atoms with van der Waals surface area (Å²) < 4.78 is 5.25. The summed E-state index contributed by atoms with van der Waals surface area (Å²) in [5.41, 5.74) is 1.90. The Morgan fingerprint density at radius 1 is 1.12 bits per heavy atom. The number of imide groups is 1. The van der Waals surface area contributed by atoms with Crippen molar-refractivity contribution in [3.8, 4) is 5.75 Å². The van der Waals surface area contributed by atoms with Crippen LogP contribution in [0.5, 0.6) is 5.75 Å². The largest absolute Gasteiger partial charge is 0.497 e. The normalized spacial score (nSPS) is 12.8. The van der Waals surface area contributed by atoms with E-state index in [0.29, 0.717) is 6.54 Å². The molecule has 0 saturated heterocycles. The summed E-state index contributed by atoms with van der Waals surface area (Å²) in [4.78, 5) is 25.1. The molecule has 3 amide bonds. The molecule has 132 valence electrons. The zero-order valence-electron chi connectivity index (χ0n) is 14.7. The smallest absolute Gasteiger partial charge is 0.321 e. The Morgan fingerprint density at radius 2 is 1.84 bits per heavy atom. The molecule has 0 aliphatic rings. The van der Waals surface area contributed by atoms with Crippen molar-refractivity contribution in [1.82, 2.24) is 10.6 Å². The van der Waals surface area contributed by atoms with Crippen molar-refractivity contribution >= 4 is 11.9 Å². The molecule has 0 fully saturated rings. The third-order valence-electron chi connectivity index (χ3n) is 3.97. The van der Waals surface area contributed by atoms with Gasteiger partial charge in [-0.3, -0.25) is 10.1 Å². The second-order valence-electron chi connectivity index (χ2n) is 5.79. The number of likely N-dealkylation sites (N-methyl/N-ethyl adjacent to an activating group) is 1. The number of methoxy groups -OCH3 is 1. The highest BCUT2D eigenvalue weighted by Gasteiger charge is 2.30. The van der Waals surface area contributed by atoms with Gasteiger partial charge in [0, 0.05) is 18.2 Å². The molecule has 0 radical (unpaired) electrons. The first kappa shape index (κ1) is 18.5. The quantitative estimate of drug-likeness (QED) is 0.731. The lowest BCUT2D eigenvalue weighted by molar-refractivity contribution is -0.916. The highest BCUT2D eigenvalue weighted by Crippen LogP contribution is 2.13. The van der Waals surface area contributed by atoms with Crippen LogP contribution in [0.1, 0.15) is 17.2 Å². The topological polar surface area (TPSA) is 71.9 Å². The first-order valence-corrected chi connectivity index (χ1v) is 8.08. The van der Waals surface area contributed by atoms with Crippen molar-refractivity contribution < 1.29 is 19.2 Å². The molecule has 25 heavy (non-hydrogen) atoms. The Balaban J connectivity index is 2.24. The van der Waals surface area contributed by atoms with Gasteiger partial charge in [0.05, 0.1) is 14.2 Å².